The lowest BCUT2D eigenvalue weighted by atomic mass is 9.78. The van der Waals surface area contributed by atoms with Crippen molar-refractivity contribution in [1.82, 2.24) is 0 Å². The van der Waals surface area contributed by atoms with Crippen molar-refractivity contribution in [2.45, 2.75) is 38.1 Å². The summed E-state index contributed by atoms with van der Waals surface area (Å²) in [7, 11) is 0. The van der Waals surface area contributed by atoms with Crippen LogP contribution in [0.4, 0.5) is 0 Å². The van der Waals surface area contributed by atoms with E-state index < -0.39 is 24.8 Å². The molecule has 3 atom stereocenters. The number of aliphatic hydroxyl groups excluding tert-OH is 3. The molecule has 8 heteroatoms. The molecule has 3 unspecified atom stereocenters. The van der Waals surface area contributed by atoms with Crippen LogP contribution in [0.15, 0.2) is 84.9 Å². The lowest BCUT2D eigenvalue weighted by Crippen LogP contribution is -2.18. The number of hydrogen-bond acceptors (Lipinski definition) is 8. The Hall–Kier alpha value is -4.21. The van der Waals surface area contributed by atoms with Crippen LogP contribution in [0.25, 0.3) is 0 Å². The Balaban J connectivity index is 1.14. The molecule has 2 aliphatic heterocycles. The highest BCUT2D eigenvalue weighted by atomic mass is 16.7. The van der Waals surface area contributed by atoms with Gasteiger partial charge in [-0.3, -0.25) is 0 Å². The molecule has 0 amide bonds. The van der Waals surface area contributed by atoms with Crippen LogP contribution in [-0.2, 0) is 14.9 Å². The molecule has 2 aliphatic rings. The van der Waals surface area contributed by atoms with E-state index >= 15 is 0 Å². The van der Waals surface area contributed by atoms with Crippen molar-refractivity contribution in [3.8, 4) is 23.0 Å². The van der Waals surface area contributed by atoms with E-state index in [1.807, 2.05) is 48.5 Å². The highest BCUT2D eigenvalue weighted by Gasteiger charge is 2.31. The van der Waals surface area contributed by atoms with E-state index in [2.05, 4.69) is 13.8 Å². The van der Waals surface area contributed by atoms with Gasteiger partial charge in [-0.1, -0.05) is 38.1 Å². The third-order valence-electron chi connectivity index (χ3n) is 7.20. The first-order valence-corrected chi connectivity index (χ1v) is 12.4. The lowest BCUT2D eigenvalue weighted by Gasteiger charge is -2.26. The van der Waals surface area contributed by atoms with Crippen molar-refractivity contribution < 1.29 is 39.1 Å². The summed E-state index contributed by atoms with van der Waals surface area (Å²) in [5.74, 6) is 1.69. The molecular weight excluding hydrogens is 500 g/mol. The fourth-order valence-corrected chi connectivity index (χ4v) is 4.86. The summed E-state index contributed by atoms with van der Waals surface area (Å²) in [5.41, 5.74) is 3.60. The van der Waals surface area contributed by atoms with E-state index in [-0.39, 0.29) is 5.41 Å². The average molecular weight is 527 g/mol. The smallest absolute Gasteiger partial charge is 0.341 e. The van der Waals surface area contributed by atoms with Crippen LogP contribution in [0.5, 0.6) is 23.0 Å². The Bertz CT molecular complexity index is 1540. The molecule has 0 radical (unpaired) electrons. The van der Waals surface area contributed by atoms with Gasteiger partial charge in [0.2, 0.25) is 6.29 Å². The number of rotatable bonds is 6. The van der Waals surface area contributed by atoms with E-state index in [0.29, 0.717) is 45.3 Å². The second-order valence-electron chi connectivity index (χ2n) is 10.0. The monoisotopic (exact) mass is 526 g/mol. The van der Waals surface area contributed by atoms with Crippen LogP contribution >= 0.6 is 0 Å². The first-order valence-electron chi connectivity index (χ1n) is 12.4. The summed E-state index contributed by atoms with van der Waals surface area (Å²) >= 11 is 0. The van der Waals surface area contributed by atoms with Gasteiger partial charge in [0.1, 0.15) is 23.0 Å². The largest absolute Gasteiger partial charge is 0.457 e. The molecule has 0 aromatic heterocycles. The molecule has 6 rings (SSSR count). The Morgan fingerprint density at radius 1 is 0.615 bits per heavy atom. The summed E-state index contributed by atoms with van der Waals surface area (Å²) in [6, 6.07) is 25.5. The number of benzene rings is 4. The quantitative estimate of drug-likeness (QED) is 0.271. The molecular formula is C31H26O8. The van der Waals surface area contributed by atoms with Crippen molar-refractivity contribution in [3.63, 3.8) is 0 Å². The molecule has 4 aromatic carbocycles. The van der Waals surface area contributed by atoms with Gasteiger partial charge in [0, 0.05) is 22.1 Å². The maximum atomic E-state index is 11.9. The van der Waals surface area contributed by atoms with E-state index in [9.17, 15) is 20.1 Å². The van der Waals surface area contributed by atoms with E-state index in [1.165, 1.54) is 0 Å². The number of aliphatic hydroxyl groups is 3. The maximum Gasteiger partial charge on any atom is 0.341 e. The second kappa shape index (κ2) is 9.52. The number of ether oxygens (including phenoxy) is 4. The van der Waals surface area contributed by atoms with Crippen molar-refractivity contribution in [3.05, 3.63) is 118 Å². The molecule has 2 heterocycles. The number of hydrogen-bond donors (Lipinski definition) is 3. The van der Waals surface area contributed by atoms with Crippen molar-refractivity contribution in [1.29, 1.82) is 0 Å². The second-order valence-corrected chi connectivity index (χ2v) is 10.0. The zero-order valence-corrected chi connectivity index (χ0v) is 21.2. The van der Waals surface area contributed by atoms with Gasteiger partial charge in [-0.15, -0.1) is 0 Å². The standard InChI is InChI=1S/C31H26O8/c1-31(2,17-3-7-19(8-4-17)36-21-11-13-23-25(15-21)29(34)38-27(23)32)18-5-9-20(10-6-18)37-22-12-14-24-26(16-22)30(35)39-28(24)33/h3-16,27-29,32-34H,1-2H3. The van der Waals surface area contributed by atoms with Crippen molar-refractivity contribution in [2.24, 2.45) is 0 Å². The molecule has 0 spiro atoms. The predicted octanol–water partition coefficient (Wildman–Crippen LogP) is 5.77. The van der Waals surface area contributed by atoms with Crippen LogP contribution in [0.3, 0.4) is 0 Å². The van der Waals surface area contributed by atoms with Gasteiger partial charge in [-0.25, -0.2) is 4.79 Å². The van der Waals surface area contributed by atoms with Gasteiger partial charge in [0.05, 0.1) is 5.56 Å². The van der Waals surface area contributed by atoms with Gasteiger partial charge >= 0.3 is 5.97 Å². The molecule has 0 fully saturated rings. The van der Waals surface area contributed by atoms with Crippen LogP contribution in [-0.4, -0.2) is 21.3 Å². The minimum absolute atomic E-state index is 0.298. The third kappa shape index (κ3) is 4.64. The summed E-state index contributed by atoms with van der Waals surface area (Å²) in [6.45, 7) is 4.26. The fourth-order valence-electron chi connectivity index (χ4n) is 4.86. The highest BCUT2D eigenvalue weighted by molar-refractivity contribution is 5.94. The topological polar surface area (TPSA) is 115 Å². The SMILES string of the molecule is CC(C)(c1ccc(Oc2ccc3c(c2)C(=O)OC3O)cc1)c1ccc(Oc2ccc3c(c2)C(O)OC3O)cc1. The van der Waals surface area contributed by atoms with Gasteiger partial charge < -0.3 is 34.3 Å². The molecule has 198 valence electrons. The predicted molar refractivity (Wildman–Crippen MR) is 139 cm³/mol. The Kier molecular flexibility index (Phi) is 6.12. The molecule has 0 saturated heterocycles. The van der Waals surface area contributed by atoms with E-state index in [1.54, 1.807) is 36.4 Å². The highest BCUT2D eigenvalue weighted by Crippen LogP contribution is 2.39. The van der Waals surface area contributed by atoms with Crippen LogP contribution in [0, 0.1) is 0 Å². The minimum Gasteiger partial charge on any atom is -0.457 e. The zero-order valence-electron chi connectivity index (χ0n) is 21.2. The Morgan fingerprint density at radius 3 is 1.69 bits per heavy atom. The number of esters is 1. The van der Waals surface area contributed by atoms with Crippen molar-refractivity contribution >= 4 is 5.97 Å². The molecule has 3 N–H and O–H groups in total. The number of fused-ring (bicyclic) bond motifs is 2. The van der Waals surface area contributed by atoms with Gasteiger partial charge in [0.15, 0.2) is 12.6 Å². The summed E-state index contributed by atoms with van der Waals surface area (Å²) in [6.07, 6.45) is -3.55. The van der Waals surface area contributed by atoms with Crippen molar-refractivity contribution in [2.75, 3.05) is 0 Å². The number of carbonyl (C=O) groups excluding carboxylic acids is 1. The van der Waals surface area contributed by atoms with E-state index in [4.69, 9.17) is 18.9 Å². The summed E-state index contributed by atoms with van der Waals surface area (Å²) in [4.78, 5) is 11.9. The zero-order chi connectivity index (χ0) is 27.3. The van der Waals surface area contributed by atoms with E-state index in [0.717, 1.165) is 11.1 Å². The fraction of sp³-hybridized carbons (Fsp3) is 0.194. The summed E-state index contributed by atoms with van der Waals surface area (Å²) < 4.78 is 21.7. The maximum absolute atomic E-state index is 11.9. The third-order valence-corrected chi connectivity index (χ3v) is 7.20. The molecule has 0 aliphatic carbocycles. The molecule has 4 aromatic rings. The van der Waals surface area contributed by atoms with Crippen LogP contribution in [0.1, 0.15) is 70.9 Å². The first kappa shape index (κ1) is 25.1. The van der Waals surface area contributed by atoms with Crippen LogP contribution < -0.4 is 9.47 Å². The van der Waals surface area contributed by atoms with Crippen LogP contribution in [0.2, 0.25) is 0 Å². The average Bonchev–Trinajstić information content (AvgIpc) is 3.37. The molecule has 0 bridgehead atoms. The number of carbonyl (C=O) groups is 1. The van der Waals surface area contributed by atoms with Gasteiger partial charge in [0.25, 0.3) is 0 Å². The summed E-state index contributed by atoms with van der Waals surface area (Å²) in [5, 5.41) is 29.5. The Labute approximate surface area is 224 Å². The normalized spacial score (nSPS) is 19.8. The molecule has 39 heavy (non-hydrogen) atoms. The minimum atomic E-state index is -1.23. The van der Waals surface area contributed by atoms with Gasteiger partial charge in [-0.05, 0) is 71.8 Å². The molecule has 8 nitrogen and oxygen atoms in total. The number of cyclic esters (lactones) is 1. The first-order chi connectivity index (χ1) is 18.7. The molecule has 0 saturated carbocycles. The lowest BCUT2D eigenvalue weighted by molar-refractivity contribution is -0.193. The van der Waals surface area contributed by atoms with Gasteiger partial charge in [-0.2, -0.15) is 0 Å². The Morgan fingerprint density at radius 2 is 1.10 bits per heavy atom.